The Hall–Kier alpha value is -4.55. The van der Waals surface area contributed by atoms with Gasteiger partial charge in [0.25, 0.3) is 0 Å². The molecule has 1 unspecified atom stereocenters. The molecule has 214 valence electrons. The molecule has 4 heterocycles. The van der Waals surface area contributed by atoms with Crippen molar-refractivity contribution in [3.8, 4) is 5.69 Å². The average Bonchev–Trinajstić information content (AvgIpc) is 3.63. The third-order valence-electron chi connectivity index (χ3n) is 6.66. The summed E-state index contributed by atoms with van der Waals surface area (Å²) in [5, 5.41) is 11.6. The Morgan fingerprint density at radius 2 is 1.93 bits per heavy atom. The molecule has 0 saturated heterocycles. The Balaban J connectivity index is 1.24. The highest BCUT2D eigenvalue weighted by molar-refractivity contribution is 5.88. The van der Waals surface area contributed by atoms with Gasteiger partial charge in [-0.1, -0.05) is 29.4 Å². The summed E-state index contributed by atoms with van der Waals surface area (Å²) in [6, 6.07) is 13.3. The summed E-state index contributed by atoms with van der Waals surface area (Å²) in [6.45, 7) is 0.916. The molecule has 3 aromatic heterocycles. The van der Waals surface area contributed by atoms with E-state index in [-0.39, 0.29) is 12.3 Å². The molecular weight excluding hydrogens is 541 g/mol. The number of benzene rings is 1. The number of alkyl halides is 3. The highest BCUT2D eigenvalue weighted by Gasteiger charge is 2.42. The van der Waals surface area contributed by atoms with Crippen LogP contribution in [0.2, 0.25) is 0 Å². The number of halogens is 3. The van der Waals surface area contributed by atoms with Crippen LogP contribution in [0.4, 0.5) is 19.0 Å². The Morgan fingerprint density at radius 3 is 2.73 bits per heavy atom. The number of aryl methyl sites for hydroxylation is 3. The van der Waals surface area contributed by atoms with Gasteiger partial charge in [0.1, 0.15) is 5.82 Å². The van der Waals surface area contributed by atoms with Crippen molar-refractivity contribution < 1.29 is 32.0 Å². The number of aromatic nitrogens is 5. The molecular formula is C28H27F3N6O4. The monoisotopic (exact) mass is 568 g/mol. The predicted molar refractivity (Wildman–Crippen MR) is 139 cm³/mol. The van der Waals surface area contributed by atoms with Crippen LogP contribution in [0.3, 0.4) is 0 Å². The topological polar surface area (TPSA) is 125 Å². The quantitative estimate of drug-likeness (QED) is 0.217. The zero-order chi connectivity index (χ0) is 28.8. The van der Waals surface area contributed by atoms with Crippen molar-refractivity contribution in [1.29, 1.82) is 0 Å². The minimum atomic E-state index is -5.28. The van der Waals surface area contributed by atoms with Crippen LogP contribution in [-0.2, 0) is 40.0 Å². The fraction of sp³-hybridized carbons (Fsp3) is 0.357. The van der Waals surface area contributed by atoms with Crippen molar-refractivity contribution in [2.45, 2.75) is 57.0 Å². The van der Waals surface area contributed by atoms with E-state index in [1.165, 1.54) is 11.8 Å². The molecule has 0 saturated carbocycles. The molecule has 41 heavy (non-hydrogen) atoms. The number of fused-ring (bicyclic) bond motifs is 1. The molecule has 0 amide bonds. The van der Waals surface area contributed by atoms with Crippen molar-refractivity contribution in [3.63, 3.8) is 0 Å². The van der Waals surface area contributed by atoms with Crippen molar-refractivity contribution in [1.82, 2.24) is 24.9 Å². The normalized spacial score (nSPS) is 13.7. The Morgan fingerprint density at radius 1 is 1.10 bits per heavy atom. The Kier molecular flexibility index (Phi) is 8.41. The van der Waals surface area contributed by atoms with Crippen LogP contribution in [0.15, 0.2) is 59.4 Å². The number of carbonyl (C=O) groups excluding carboxylic acids is 2. The molecule has 0 fully saturated rings. The average molecular weight is 569 g/mol. The van der Waals surface area contributed by atoms with Crippen molar-refractivity contribution in [3.05, 3.63) is 83.4 Å². The van der Waals surface area contributed by atoms with Crippen molar-refractivity contribution in [2.75, 3.05) is 11.9 Å². The molecule has 1 aliphatic heterocycles. The maximum Gasteiger partial charge on any atom is 0.491 e. The number of ether oxygens (including phenoxy) is 1. The standard InChI is InChI=1S/C28H27F3N6O4/c29-28(30,31)27(39)40-25(38)15-19(20-16-33-37(17-20)22-8-2-1-3-9-22)14-24-35-23(36-41-24)10-4-7-21-12-11-18-6-5-13-32-26(18)34-21/h1-3,8-9,11-12,16-17,19H,4-7,10,13-15H2,(H,32,34). The third kappa shape index (κ3) is 7.35. The second-order valence-corrected chi connectivity index (χ2v) is 9.72. The summed E-state index contributed by atoms with van der Waals surface area (Å²) in [4.78, 5) is 32.6. The van der Waals surface area contributed by atoms with Crippen molar-refractivity contribution >= 4 is 17.8 Å². The number of pyridine rings is 1. The minimum absolute atomic E-state index is 0.0286. The van der Waals surface area contributed by atoms with Gasteiger partial charge in [-0.05, 0) is 55.0 Å². The highest BCUT2D eigenvalue weighted by atomic mass is 19.4. The van der Waals surface area contributed by atoms with Crippen LogP contribution in [0.5, 0.6) is 0 Å². The van der Waals surface area contributed by atoms with E-state index in [9.17, 15) is 22.8 Å². The number of anilines is 1. The van der Waals surface area contributed by atoms with Gasteiger partial charge in [0, 0.05) is 37.2 Å². The Labute approximate surface area is 232 Å². The second-order valence-electron chi connectivity index (χ2n) is 9.72. The lowest BCUT2D eigenvalue weighted by molar-refractivity contribution is -0.202. The van der Waals surface area contributed by atoms with Crippen LogP contribution in [0.25, 0.3) is 5.69 Å². The maximum absolute atomic E-state index is 12.6. The summed E-state index contributed by atoms with van der Waals surface area (Å²) in [7, 11) is 0. The number of carbonyl (C=O) groups is 2. The van der Waals surface area contributed by atoms with Crippen LogP contribution in [0, 0.1) is 0 Å². The maximum atomic E-state index is 12.6. The number of rotatable bonds is 10. The van der Waals surface area contributed by atoms with Gasteiger partial charge in [0.2, 0.25) is 5.89 Å². The van der Waals surface area contributed by atoms with Crippen LogP contribution in [-0.4, -0.2) is 49.6 Å². The molecule has 5 rings (SSSR count). The summed E-state index contributed by atoms with van der Waals surface area (Å²) >= 11 is 0. The van der Waals surface area contributed by atoms with E-state index in [4.69, 9.17) is 4.52 Å². The first kappa shape index (κ1) is 28.0. The van der Waals surface area contributed by atoms with Crippen LogP contribution >= 0.6 is 0 Å². The van der Waals surface area contributed by atoms with E-state index in [0.29, 0.717) is 17.8 Å². The highest BCUT2D eigenvalue weighted by Crippen LogP contribution is 2.27. The smallest absolute Gasteiger partial charge is 0.386 e. The molecule has 1 N–H and O–H groups in total. The second kappa shape index (κ2) is 12.3. The molecule has 0 spiro atoms. The number of hydrogen-bond donors (Lipinski definition) is 1. The fourth-order valence-corrected chi connectivity index (χ4v) is 4.60. The first-order chi connectivity index (χ1) is 19.7. The van der Waals surface area contributed by atoms with Gasteiger partial charge in [-0.2, -0.15) is 23.3 Å². The van der Waals surface area contributed by atoms with Gasteiger partial charge in [-0.15, -0.1) is 0 Å². The van der Waals surface area contributed by atoms with E-state index in [1.807, 2.05) is 36.4 Å². The predicted octanol–water partition coefficient (Wildman–Crippen LogP) is 4.53. The lowest BCUT2D eigenvalue weighted by Gasteiger charge is -2.17. The summed E-state index contributed by atoms with van der Waals surface area (Å²) in [5.74, 6) is -3.02. The summed E-state index contributed by atoms with van der Waals surface area (Å²) in [6.07, 6.45) is 1.44. The molecule has 4 aromatic rings. The van der Waals surface area contributed by atoms with E-state index < -0.39 is 30.5 Å². The van der Waals surface area contributed by atoms with Crippen molar-refractivity contribution in [2.24, 2.45) is 0 Å². The number of hydrogen-bond acceptors (Lipinski definition) is 9. The van der Waals surface area contributed by atoms with Crippen LogP contribution < -0.4 is 5.32 Å². The zero-order valence-corrected chi connectivity index (χ0v) is 21.9. The zero-order valence-electron chi connectivity index (χ0n) is 21.9. The van der Waals surface area contributed by atoms with E-state index in [1.54, 1.807) is 10.9 Å². The van der Waals surface area contributed by atoms with Gasteiger partial charge in [-0.3, -0.25) is 4.79 Å². The molecule has 0 aliphatic carbocycles. The van der Waals surface area contributed by atoms with E-state index in [2.05, 4.69) is 36.3 Å². The van der Waals surface area contributed by atoms with Gasteiger partial charge >= 0.3 is 18.1 Å². The third-order valence-corrected chi connectivity index (χ3v) is 6.66. The van der Waals surface area contributed by atoms with Gasteiger partial charge in [0.05, 0.1) is 18.3 Å². The van der Waals surface area contributed by atoms with E-state index in [0.717, 1.165) is 49.4 Å². The summed E-state index contributed by atoms with van der Waals surface area (Å²) in [5.41, 5.74) is 3.45. The number of nitrogens with one attached hydrogen (secondary N) is 1. The number of nitrogens with zero attached hydrogens (tertiary/aromatic N) is 5. The summed E-state index contributed by atoms with van der Waals surface area (Å²) < 4.78 is 48.8. The molecule has 0 radical (unpaired) electrons. The van der Waals surface area contributed by atoms with Gasteiger partial charge in [-0.25, -0.2) is 14.5 Å². The molecule has 1 atom stereocenters. The molecule has 1 aliphatic rings. The number of para-hydroxylation sites is 1. The SMILES string of the molecule is O=C(CC(Cc1nc(CCCc2ccc3c(n2)NCCC3)no1)c1cnn(-c2ccccc2)c1)OC(=O)C(F)(F)F. The van der Waals surface area contributed by atoms with Gasteiger partial charge < -0.3 is 14.6 Å². The molecule has 13 heteroatoms. The van der Waals surface area contributed by atoms with Crippen LogP contribution in [0.1, 0.15) is 53.7 Å². The number of esters is 2. The van der Waals surface area contributed by atoms with Gasteiger partial charge in [0.15, 0.2) is 5.82 Å². The Bertz CT molecular complexity index is 1500. The lowest BCUT2D eigenvalue weighted by Crippen LogP contribution is -2.28. The first-order valence-corrected chi connectivity index (χ1v) is 13.2. The molecule has 1 aromatic carbocycles. The van der Waals surface area contributed by atoms with E-state index >= 15 is 0 Å². The molecule has 10 nitrogen and oxygen atoms in total. The lowest BCUT2D eigenvalue weighted by atomic mass is 9.95. The molecule has 0 bridgehead atoms. The minimum Gasteiger partial charge on any atom is -0.386 e. The largest absolute Gasteiger partial charge is 0.491 e. The first-order valence-electron chi connectivity index (χ1n) is 13.2. The fourth-order valence-electron chi connectivity index (χ4n) is 4.60.